The third-order valence-corrected chi connectivity index (χ3v) is 4.13. The van der Waals surface area contributed by atoms with E-state index in [4.69, 9.17) is 0 Å². The first kappa shape index (κ1) is 13.4. The Morgan fingerprint density at radius 3 is 2.95 bits per heavy atom. The summed E-state index contributed by atoms with van der Waals surface area (Å²) in [6.45, 7) is 2.47. The molecule has 0 aliphatic carbocycles. The van der Waals surface area contributed by atoms with Gasteiger partial charge in [-0.05, 0) is 37.1 Å². The molecule has 106 valence electrons. The summed E-state index contributed by atoms with van der Waals surface area (Å²) >= 11 is 0. The SMILES string of the molecule is Cc1c(C=O)ccc2c1cc(C#N)n2CC1CCC(=O)N1. The quantitative estimate of drug-likeness (QED) is 0.873. The van der Waals surface area contributed by atoms with E-state index in [1.54, 1.807) is 6.07 Å². The van der Waals surface area contributed by atoms with Crippen LogP contribution in [0.3, 0.4) is 0 Å². The van der Waals surface area contributed by atoms with Gasteiger partial charge in [0, 0.05) is 35.5 Å². The molecule has 1 saturated heterocycles. The van der Waals surface area contributed by atoms with Crippen LogP contribution in [0.4, 0.5) is 0 Å². The number of hydrogen-bond donors (Lipinski definition) is 1. The number of nitriles is 1. The average Bonchev–Trinajstić information content (AvgIpc) is 3.04. The Morgan fingerprint density at radius 2 is 2.33 bits per heavy atom. The number of nitrogens with one attached hydrogen (secondary N) is 1. The molecule has 5 heteroatoms. The van der Waals surface area contributed by atoms with E-state index < -0.39 is 0 Å². The second kappa shape index (κ2) is 5.06. The van der Waals surface area contributed by atoms with E-state index in [-0.39, 0.29) is 11.9 Å². The summed E-state index contributed by atoms with van der Waals surface area (Å²) in [6, 6.07) is 7.71. The van der Waals surface area contributed by atoms with Crippen molar-refractivity contribution in [1.29, 1.82) is 5.26 Å². The summed E-state index contributed by atoms with van der Waals surface area (Å²) < 4.78 is 1.92. The van der Waals surface area contributed by atoms with Crippen molar-refractivity contribution in [3.8, 4) is 6.07 Å². The monoisotopic (exact) mass is 281 g/mol. The first-order valence-electron chi connectivity index (χ1n) is 6.91. The van der Waals surface area contributed by atoms with Gasteiger partial charge in [0.1, 0.15) is 18.0 Å². The van der Waals surface area contributed by atoms with Crippen LogP contribution in [-0.4, -0.2) is 22.8 Å². The summed E-state index contributed by atoms with van der Waals surface area (Å²) in [7, 11) is 0. The van der Waals surface area contributed by atoms with E-state index in [0.717, 1.165) is 29.2 Å². The highest BCUT2D eigenvalue weighted by Crippen LogP contribution is 2.26. The molecule has 0 bridgehead atoms. The summed E-state index contributed by atoms with van der Waals surface area (Å²) in [4.78, 5) is 22.3. The number of amides is 1. The lowest BCUT2D eigenvalue weighted by Gasteiger charge is -2.13. The van der Waals surface area contributed by atoms with Gasteiger partial charge in [-0.3, -0.25) is 9.59 Å². The Labute approximate surface area is 122 Å². The Balaban J connectivity index is 2.09. The highest BCUT2D eigenvalue weighted by atomic mass is 16.2. The van der Waals surface area contributed by atoms with Crippen molar-refractivity contribution in [2.45, 2.75) is 32.4 Å². The van der Waals surface area contributed by atoms with Gasteiger partial charge < -0.3 is 9.88 Å². The maximum atomic E-state index is 11.3. The molecule has 2 aromatic rings. The Bertz CT molecular complexity index is 783. The molecular formula is C16H15N3O2. The zero-order chi connectivity index (χ0) is 15.0. The number of aromatic nitrogens is 1. The van der Waals surface area contributed by atoms with E-state index in [2.05, 4.69) is 11.4 Å². The summed E-state index contributed by atoms with van der Waals surface area (Å²) in [5, 5.41) is 13.2. The van der Waals surface area contributed by atoms with Gasteiger partial charge in [0.05, 0.1) is 0 Å². The fourth-order valence-electron chi connectivity index (χ4n) is 2.94. The number of carbonyl (C=O) groups excluding carboxylic acids is 2. The number of nitrogens with zero attached hydrogens (tertiary/aromatic N) is 2. The molecule has 21 heavy (non-hydrogen) atoms. The lowest BCUT2D eigenvalue weighted by atomic mass is 10.1. The van der Waals surface area contributed by atoms with Crippen LogP contribution in [0.25, 0.3) is 10.9 Å². The minimum Gasteiger partial charge on any atom is -0.352 e. The number of aldehydes is 1. The normalized spacial score (nSPS) is 17.7. The standard InChI is InChI=1S/C16H15N3O2/c1-10-11(9-20)2-4-15-14(10)6-13(7-17)19(15)8-12-3-5-16(21)18-12/h2,4,6,9,12H,3,5,8H2,1H3,(H,18,21). The second-order valence-electron chi connectivity index (χ2n) is 5.39. The number of carbonyl (C=O) groups is 2. The third kappa shape index (κ3) is 2.19. The van der Waals surface area contributed by atoms with Crippen molar-refractivity contribution in [1.82, 2.24) is 9.88 Å². The summed E-state index contributed by atoms with van der Waals surface area (Å²) in [6.07, 6.45) is 2.16. The molecule has 5 nitrogen and oxygen atoms in total. The molecule has 1 atom stereocenters. The highest BCUT2D eigenvalue weighted by molar-refractivity contribution is 5.92. The Kier molecular flexibility index (Phi) is 3.22. The molecule has 0 spiro atoms. The molecule has 1 N–H and O–H groups in total. The highest BCUT2D eigenvalue weighted by Gasteiger charge is 2.23. The van der Waals surface area contributed by atoms with E-state index in [9.17, 15) is 14.9 Å². The van der Waals surface area contributed by atoms with Crippen molar-refractivity contribution >= 4 is 23.1 Å². The first-order chi connectivity index (χ1) is 10.1. The molecule has 1 aliphatic rings. The maximum Gasteiger partial charge on any atom is 0.220 e. The molecule has 1 fully saturated rings. The van der Waals surface area contributed by atoms with E-state index in [0.29, 0.717) is 24.2 Å². The minimum absolute atomic E-state index is 0.0613. The Hall–Kier alpha value is -2.61. The van der Waals surface area contributed by atoms with Crippen LogP contribution in [0.5, 0.6) is 0 Å². The van der Waals surface area contributed by atoms with Gasteiger partial charge in [-0.25, -0.2) is 0 Å². The fraction of sp³-hybridized carbons (Fsp3) is 0.312. The lowest BCUT2D eigenvalue weighted by molar-refractivity contribution is -0.119. The van der Waals surface area contributed by atoms with E-state index in [1.165, 1.54) is 0 Å². The largest absolute Gasteiger partial charge is 0.352 e. The van der Waals surface area contributed by atoms with Gasteiger partial charge in [-0.2, -0.15) is 5.26 Å². The second-order valence-corrected chi connectivity index (χ2v) is 5.39. The molecule has 1 amide bonds. The van der Waals surface area contributed by atoms with Gasteiger partial charge in [0.2, 0.25) is 5.91 Å². The van der Waals surface area contributed by atoms with Crippen LogP contribution in [0, 0.1) is 18.3 Å². The summed E-state index contributed by atoms with van der Waals surface area (Å²) in [5.74, 6) is 0.0643. The number of aryl methyl sites for hydroxylation is 1. The van der Waals surface area contributed by atoms with Crippen LogP contribution < -0.4 is 5.32 Å². The van der Waals surface area contributed by atoms with Crippen LogP contribution in [0.1, 0.15) is 34.5 Å². The molecule has 1 aliphatic heterocycles. The van der Waals surface area contributed by atoms with Gasteiger partial charge in [0.15, 0.2) is 0 Å². The van der Waals surface area contributed by atoms with E-state index >= 15 is 0 Å². The van der Waals surface area contributed by atoms with Crippen LogP contribution in [-0.2, 0) is 11.3 Å². The van der Waals surface area contributed by atoms with Crippen LogP contribution in [0.2, 0.25) is 0 Å². The van der Waals surface area contributed by atoms with Gasteiger partial charge in [-0.15, -0.1) is 0 Å². The fourth-order valence-corrected chi connectivity index (χ4v) is 2.94. The molecule has 0 radical (unpaired) electrons. The topological polar surface area (TPSA) is 74.9 Å². The number of rotatable bonds is 3. The first-order valence-corrected chi connectivity index (χ1v) is 6.91. The predicted molar refractivity (Wildman–Crippen MR) is 77.9 cm³/mol. The van der Waals surface area contributed by atoms with Crippen molar-refractivity contribution < 1.29 is 9.59 Å². The molecular weight excluding hydrogens is 266 g/mol. The molecule has 2 heterocycles. The zero-order valence-electron chi connectivity index (χ0n) is 11.7. The van der Waals surface area contributed by atoms with E-state index in [1.807, 2.05) is 23.6 Å². The molecule has 1 aromatic carbocycles. The molecule has 0 saturated carbocycles. The van der Waals surface area contributed by atoms with Crippen molar-refractivity contribution in [2.24, 2.45) is 0 Å². The van der Waals surface area contributed by atoms with Gasteiger partial charge in [0.25, 0.3) is 0 Å². The predicted octanol–water partition coefficient (Wildman–Crippen LogP) is 1.91. The van der Waals surface area contributed by atoms with Gasteiger partial charge >= 0.3 is 0 Å². The maximum absolute atomic E-state index is 11.3. The van der Waals surface area contributed by atoms with Crippen molar-refractivity contribution in [2.75, 3.05) is 0 Å². The van der Waals surface area contributed by atoms with Gasteiger partial charge in [-0.1, -0.05) is 0 Å². The lowest BCUT2D eigenvalue weighted by Crippen LogP contribution is -2.29. The zero-order valence-corrected chi connectivity index (χ0v) is 11.7. The minimum atomic E-state index is 0.0613. The van der Waals surface area contributed by atoms with Crippen molar-refractivity contribution in [3.63, 3.8) is 0 Å². The van der Waals surface area contributed by atoms with Crippen LogP contribution >= 0.6 is 0 Å². The third-order valence-electron chi connectivity index (χ3n) is 4.13. The van der Waals surface area contributed by atoms with Crippen LogP contribution in [0.15, 0.2) is 18.2 Å². The molecule has 1 aromatic heterocycles. The number of hydrogen-bond acceptors (Lipinski definition) is 3. The average molecular weight is 281 g/mol. The number of fused-ring (bicyclic) bond motifs is 1. The van der Waals surface area contributed by atoms with Crippen molar-refractivity contribution in [3.05, 3.63) is 35.0 Å². The molecule has 1 unspecified atom stereocenters. The smallest absolute Gasteiger partial charge is 0.220 e. The Morgan fingerprint density at radius 1 is 1.52 bits per heavy atom. The molecule has 3 rings (SSSR count). The summed E-state index contributed by atoms with van der Waals surface area (Å²) in [5.41, 5.74) is 3.00. The number of benzene rings is 1.